The maximum absolute atomic E-state index is 13.1. The van der Waals surface area contributed by atoms with E-state index in [1.807, 2.05) is 0 Å². The molecule has 1 aromatic carbocycles. The number of para-hydroxylation sites is 1. The van der Waals surface area contributed by atoms with Gasteiger partial charge in [0.25, 0.3) is 0 Å². The summed E-state index contributed by atoms with van der Waals surface area (Å²) in [6, 6.07) is 8.47. The number of rotatable bonds is 1. The highest BCUT2D eigenvalue weighted by Gasteiger charge is 2.44. The topological polar surface area (TPSA) is 32.3 Å². The summed E-state index contributed by atoms with van der Waals surface area (Å²) in [6.07, 6.45) is 4.91. The molecule has 112 valence electrons. The van der Waals surface area contributed by atoms with Crippen LogP contribution in [-0.4, -0.2) is 25.0 Å². The van der Waals surface area contributed by atoms with Crippen LogP contribution in [0.3, 0.4) is 0 Å². The highest BCUT2D eigenvalue weighted by atomic mass is 16.2. The molecule has 1 aliphatic carbocycles. The van der Waals surface area contributed by atoms with Crippen LogP contribution in [0.25, 0.3) is 0 Å². The van der Waals surface area contributed by atoms with Gasteiger partial charge in [0.1, 0.15) is 0 Å². The third kappa shape index (κ3) is 2.18. The van der Waals surface area contributed by atoms with Crippen molar-refractivity contribution in [3.05, 3.63) is 29.8 Å². The fraction of sp³-hybridized carbons (Fsp3) is 0.611. The smallest absolute Gasteiger partial charge is 0.244 e. The van der Waals surface area contributed by atoms with Gasteiger partial charge in [0.05, 0.1) is 6.04 Å². The first-order chi connectivity index (χ1) is 10.2. The fourth-order valence-corrected chi connectivity index (χ4v) is 4.63. The number of amides is 1. The molecule has 1 amide bonds. The number of benzene rings is 1. The minimum atomic E-state index is 0.0517. The Morgan fingerprint density at radius 3 is 3.05 bits per heavy atom. The maximum atomic E-state index is 13.1. The predicted molar refractivity (Wildman–Crippen MR) is 84.3 cm³/mol. The van der Waals surface area contributed by atoms with Crippen LogP contribution in [0.1, 0.15) is 31.7 Å². The Morgan fingerprint density at radius 1 is 1.29 bits per heavy atom. The average molecular weight is 284 g/mol. The molecule has 0 aromatic heterocycles. The molecule has 0 radical (unpaired) electrons. The van der Waals surface area contributed by atoms with Gasteiger partial charge in [-0.2, -0.15) is 0 Å². The molecule has 1 saturated carbocycles. The highest BCUT2D eigenvalue weighted by molar-refractivity contribution is 5.98. The van der Waals surface area contributed by atoms with Crippen LogP contribution < -0.4 is 10.2 Å². The predicted octanol–water partition coefficient (Wildman–Crippen LogP) is 2.60. The van der Waals surface area contributed by atoms with E-state index in [9.17, 15) is 4.79 Å². The Labute approximate surface area is 126 Å². The van der Waals surface area contributed by atoms with Gasteiger partial charge in [0.15, 0.2) is 0 Å². The molecular formula is C18H24N2O. The first-order valence-electron chi connectivity index (χ1n) is 8.36. The van der Waals surface area contributed by atoms with Crippen molar-refractivity contribution in [2.45, 2.75) is 38.6 Å². The Bertz CT molecular complexity index is 556. The monoisotopic (exact) mass is 284 g/mol. The second kappa shape index (κ2) is 5.13. The van der Waals surface area contributed by atoms with Crippen LogP contribution in [0.5, 0.6) is 0 Å². The van der Waals surface area contributed by atoms with E-state index in [1.54, 1.807) is 0 Å². The second-order valence-corrected chi connectivity index (χ2v) is 7.13. The maximum Gasteiger partial charge on any atom is 0.244 e. The van der Waals surface area contributed by atoms with E-state index in [1.165, 1.54) is 24.8 Å². The van der Waals surface area contributed by atoms with Gasteiger partial charge in [-0.15, -0.1) is 0 Å². The molecule has 1 saturated heterocycles. The van der Waals surface area contributed by atoms with Crippen molar-refractivity contribution in [2.24, 2.45) is 17.8 Å². The molecule has 2 heterocycles. The number of nitrogens with one attached hydrogen (secondary N) is 1. The van der Waals surface area contributed by atoms with Crippen LogP contribution in [0.4, 0.5) is 5.69 Å². The van der Waals surface area contributed by atoms with Crippen molar-refractivity contribution in [3.63, 3.8) is 0 Å². The molecule has 3 heteroatoms. The quantitative estimate of drug-likeness (QED) is 0.859. The van der Waals surface area contributed by atoms with Crippen LogP contribution in [0, 0.1) is 17.8 Å². The molecular weight excluding hydrogens is 260 g/mol. The minimum Gasteiger partial charge on any atom is -0.311 e. The zero-order valence-corrected chi connectivity index (χ0v) is 12.7. The number of fused-ring (bicyclic) bond motifs is 2. The van der Waals surface area contributed by atoms with Gasteiger partial charge in [-0.05, 0) is 55.2 Å². The Hall–Kier alpha value is -1.35. The fourth-order valence-electron chi connectivity index (χ4n) is 4.63. The zero-order chi connectivity index (χ0) is 14.4. The minimum absolute atomic E-state index is 0.0517. The largest absolute Gasteiger partial charge is 0.311 e. The van der Waals surface area contributed by atoms with E-state index < -0.39 is 0 Å². The van der Waals surface area contributed by atoms with Gasteiger partial charge in [0, 0.05) is 12.2 Å². The highest BCUT2D eigenvalue weighted by Crippen LogP contribution is 2.39. The second-order valence-electron chi connectivity index (χ2n) is 7.13. The standard InChI is InChI=1S/C18H24N2O/c1-12-9-13-5-2-3-8-16(13)20(11-12)18(21)17-15-7-4-6-14(15)10-19-17/h2-3,5,8,12,14-15,17,19H,4,6-7,9-11H2,1H3. The van der Waals surface area contributed by atoms with Gasteiger partial charge in [-0.1, -0.05) is 31.5 Å². The van der Waals surface area contributed by atoms with Gasteiger partial charge < -0.3 is 10.2 Å². The van der Waals surface area contributed by atoms with Crippen molar-refractivity contribution in [3.8, 4) is 0 Å². The number of hydrogen-bond acceptors (Lipinski definition) is 2. The van der Waals surface area contributed by atoms with E-state index in [-0.39, 0.29) is 6.04 Å². The van der Waals surface area contributed by atoms with E-state index in [4.69, 9.17) is 0 Å². The molecule has 4 unspecified atom stereocenters. The summed E-state index contributed by atoms with van der Waals surface area (Å²) in [4.78, 5) is 15.2. The average Bonchev–Trinajstić information content (AvgIpc) is 3.08. The third-order valence-corrected chi connectivity index (χ3v) is 5.62. The molecule has 2 aliphatic heterocycles. The molecule has 3 aliphatic rings. The number of nitrogens with zero attached hydrogens (tertiary/aromatic N) is 1. The van der Waals surface area contributed by atoms with Crippen molar-refractivity contribution >= 4 is 11.6 Å². The van der Waals surface area contributed by atoms with E-state index in [2.05, 4.69) is 41.4 Å². The SMILES string of the molecule is CC1Cc2ccccc2N(C(=O)C2NCC3CCCC32)C1. The van der Waals surface area contributed by atoms with Crippen LogP contribution in [0.2, 0.25) is 0 Å². The first-order valence-corrected chi connectivity index (χ1v) is 8.36. The van der Waals surface area contributed by atoms with E-state index in [0.29, 0.717) is 17.7 Å². The van der Waals surface area contributed by atoms with Crippen molar-refractivity contribution in [1.29, 1.82) is 0 Å². The number of carbonyl (C=O) groups is 1. The summed E-state index contributed by atoms with van der Waals surface area (Å²) in [5.74, 6) is 2.16. The molecule has 3 nitrogen and oxygen atoms in total. The molecule has 2 fully saturated rings. The normalized spacial score (nSPS) is 34.6. The van der Waals surface area contributed by atoms with E-state index in [0.717, 1.165) is 31.1 Å². The summed E-state index contributed by atoms with van der Waals surface area (Å²) in [5.41, 5.74) is 2.47. The molecule has 4 rings (SSSR count). The number of carbonyl (C=O) groups excluding carboxylic acids is 1. The number of anilines is 1. The zero-order valence-electron chi connectivity index (χ0n) is 12.7. The molecule has 21 heavy (non-hydrogen) atoms. The lowest BCUT2D eigenvalue weighted by atomic mass is 9.90. The van der Waals surface area contributed by atoms with E-state index >= 15 is 0 Å². The van der Waals surface area contributed by atoms with Crippen molar-refractivity contribution in [1.82, 2.24) is 5.32 Å². The van der Waals surface area contributed by atoms with Gasteiger partial charge in [-0.3, -0.25) is 4.79 Å². The molecule has 1 N–H and O–H groups in total. The Morgan fingerprint density at radius 2 is 2.14 bits per heavy atom. The summed E-state index contributed by atoms with van der Waals surface area (Å²) in [7, 11) is 0. The van der Waals surface area contributed by atoms with Gasteiger partial charge in [0.2, 0.25) is 5.91 Å². The molecule has 4 atom stereocenters. The summed E-state index contributed by atoms with van der Waals surface area (Å²) in [6.45, 7) is 4.15. The van der Waals surface area contributed by atoms with Gasteiger partial charge in [-0.25, -0.2) is 0 Å². The summed E-state index contributed by atoms with van der Waals surface area (Å²) in [5, 5.41) is 3.51. The molecule has 1 aromatic rings. The number of hydrogen-bond donors (Lipinski definition) is 1. The van der Waals surface area contributed by atoms with Gasteiger partial charge >= 0.3 is 0 Å². The third-order valence-electron chi connectivity index (χ3n) is 5.62. The lowest BCUT2D eigenvalue weighted by Crippen LogP contribution is -2.49. The van der Waals surface area contributed by atoms with Crippen molar-refractivity contribution < 1.29 is 4.79 Å². The summed E-state index contributed by atoms with van der Waals surface area (Å²) >= 11 is 0. The first kappa shape index (κ1) is 13.3. The Kier molecular flexibility index (Phi) is 3.26. The molecule has 0 spiro atoms. The molecule has 0 bridgehead atoms. The van der Waals surface area contributed by atoms with Crippen LogP contribution >= 0.6 is 0 Å². The van der Waals surface area contributed by atoms with Crippen LogP contribution in [-0.2, 0) is 11.2 Å². The van der Waals surface area contributed by atoms with Crippen LogP contribution in [0.15, 0.2) is 24.3 Å². The van der Waals surface area contributed by atoms with Crippen molar-refractivity contribution in [2.75, 3.05) is 18.0 Å². The summed E-state index contributed by atoms with van der Waals surface area (Å²) < 4.78 is 0. The lowest BCUT2D eigenvalue weighted by molar-refractivity contribution is -0.121. The lowest BCUT2D eigenvalue weighted by Gasteiger charge is -2.35. The Balaban J connectivity index is 1.62.